The Hall–Kier alpha value is -1.47. The number of nitrogens with two attached hydrogens (primary N) is 1. The molecule has 0 aliphatic heterocycles. The maximum Gasteiger partial charge on any atom is 0.435 e. The van der Waals surface area contributed by atoms with Crippen molar-refractivity contribution >= 4 is 5.69 Å². The second kappa shape index (κ2) is 3.78. The van der Waals surface area contributed by atoms with E-state index < -0.39 is 23.6 Å². The van der Waals surface area contributed by atoms with Crippen molar-refractivity contribution in [2.75, 3.05) is 5.73 Å². The first-order valence-corrected chi connectivity index (χ1v) is 4.10. The standard InChI is InChI=1S/C9H5F7N/c10-7(8(11,12)13,9(14,15)16)5-1-3-6(17)4-2-5/h1-3H,17H2. The normalized spacial score (nSPS) is 13.8. The molecule has 0 saturated heterocycles. The van der Waals surface area contributed by atoms with Gasteiger partial charge in [-0.3, -0.25) is 0 Å². The fourth-order valence-electron chi connectivity index (χ4n) is 1.14. The van der Waals surface area contributed by atoms with E-state index >= 15 is 0 Å². The van der Waals surface area contributed by atoms with Crippen LogP contribution in [0, 0.1) is 6.07 Å². The monoisotopic (exact) mass is 260 g/mol. The van der Waals surface area contributed by atoms with Crippen molar-refractivity contribution in [1.82, 2.24) is 0 Å². The summed E-state index contributed by atoms with van der Waals surface area (Å²) >= 11 is 0. The van der Waals surface area contributed by atoms with Crippen molar-refractivity contribution < 1.29 is 30.7 Å². The maximum absolute atomic E-state index is 13.4. The number of halogens is 7. The fraction of sp³-hybridized carbons (Fsp3) is 0.333. The van der Waals surface area contributed by atoms with Crippen molar-refractivity contribution in [2.45, 2.75) is 18.0 Å². The number of benzene rings is 1. The second-order valence-electron chi connectivity index (χ2n) is 3.19. The lowest BCUT2D eigenvalue weighted by Crippen LogP contribution is -2.50. The topological polar surface area (TPSA) is 26.0 Å². The molecular formula is C9H5F7N. The molecule has 0 amide bonds. The summed E-state index contributed by atoms with van der Waals surface area (Å²) in [7, 11) is 0. The Morgan fingerprint density at radius 2 is 1.35 bits per heavy atom. The Morgan fingerprint density at radius 1 is 0.882 bits per heavy atom. The molecule has 0 heterocycles. The molecule has 1 rings (SSSR count). The Labute approximate surface area is 91.0 Å². The molecule has 0 saturated carbocycles. The zero-order chi connectivity index (χ0) is 13.5. The highest BCUT2D eigenvalue weighted by molar-refractivity contribution is 5.40. The van der Waals surface area contributed by atoms with E-state index in [1.54, 1.807) is 0 Å². The van der Waals surface area contributed by atoms with Crippen LogP contribution in [0.3, 0.4) is 0 Å². The third kappa shape index (κ3) is 2.16. The molecule has 1 aromatic rings. The lowest BCUT2D eigenvalue weighted by molar-refractivity contribution is -0.348. The molecule has 1 nitrogen and oxygen atoms in total. The minimum atomic E-state index is -6.12. The third-order valence-corrected chi connectivity index (χ3v) is 2.02. The quantitative estimate of drug-likeness (QED) is 0.608. The van der Waals surface area contributed by atoms with Gasteiger partial charge in [0.2, 0.25) is 0 Å². The van der Waals surface area contributed by atoms with Crippen molar-refractivity contribution in [3.8, 4) is 0 Å². The van der Waals surface area contributed by atoms with Gasteiger partial charge in [0.15, 0.2) is 0 Å². The van der Waals surface area contributed by atoms with E-state index in [0.717, 1.165) is 0 Å². The molecule has 0 unspecified atom stereocenters. The van der Waals surface area contributed by atoms with E-state index in [-0.39, 0.29) is 11.8 Å². The molecule has 0 aliphatic carbocycles. The predicted octanol–water partition coefficient (Wildman–Crippen LogP) is 3.36. The van der Waals surface area contributed by atoms with E-state index in [1.807, 2.05) is 6.07 Å². The molecule has 0 spiro atoms. The molecule has 95 valence electrons. The van der Waals surface area contributed by atoms with Gasteiger partial charge in [-0.25, -0.2) is 4.39 Å². The number of nitrogen functional groups attached to an aromatic ring is 1. The Bertz CT molecular complexity index is 375. The molecule has 2 N–H and O–H groups in total. The highest BCUT2D eigenvalue weighted by Gasteiger charge is 2.73. The van der Waals surface area contributed by atoms with Crippen molar-refractivity contribution in [2.24, 2.45) is 0 Å². The number of hydrogen-bond donors (Lipinski definition) is 1. The molecule has 0 bridgehead atoms. The molecule has 1 radical (unpaired) electrons. The molecule has 0 aliphatic rings. The lowest BCUT2D eigenvalue weighted by atomic mass is 9.94. The van der Waals surface area contributed by atoms with Crippen LogP contribution in [0.5, 0.6) is 0 Å². The smallest absolute Gasteiger partial charge is 0.398 e. The fourth-order valence-corrected chi connectivity index (χ4v) is 1.14. The largest absolute Gasteiger partial charge is 0.435 e. The van der Waals surface area contributed by atoms with E-state index in [9.17, 15) is 30.7 Å². The minimum absolute atomic E-state index is 0.194. The van der Waals surface area contributed by atoms with E-state index in [2.05, 4.69) is 0 Å². The van der Waals surface area contributed by atoms with Gasteiger partial charge >= 0.3 is 18.0 Å². The van der Waals surface area contributed by atoms with Crippen LogP contribution in [0.15, 0.2) is 18.2 Å². The van der Waals surface area contributed by atoms with E-state index in [0.29, 0.717) is 12.1 Å². The van der Waals surface area contributed by atoms with Gasteiger partial charge in [-0.15, -0.1) is 0 Å². The van der Waals surface area contributed by atoms with Gasteiger partial charge in [0.25, 0.3) is 0 Å². The van der Waals surface area contributed by atoms with Gasteiger partial charge in [0, 0.05) is 17.3 Å². The highest BCUT2D eigenvalue weighted by Crippen LogP contribution is 2.53. The Balaban J connectivity index is 3.41. The predicted molar refractivity (Wildman–Crippen MR) is 44.6 cm³/mol. The van der Waals surface area contributed by atoms with Crippen LogP contribution in [-0.4, -0.2) is 12.4 Å². The van der Waals surface area contributed by atoms with Crippen LogP contribution in [0.4, 0.5) is 36.4 Å². The zero-order valence-electron chi connectivity index (χ0n) is 7.96. The van der Waals surface area contributed by atoms with Crippen molar-refractivity contribution in [3.05, 3.63) is 29.8 Å². The van der Waals surface area contributed by atoms with Crippen molar-refractivity contribution in [3.63, 3.8) is 0 Å². The zero-order valence-corrected chi connectivity index (χ0v) is 7.96. The molecule has 0 aromatic heterocycles. The summed E-state index contributed by atoms with van der Waals surface area (Å²) in [5.41, 5.74) is -2.18. The van der Waals surface area contributed by atoms with Crippen LogP contribution in [0.1, 0.15) is 5.56 Å². The second-order valence-corrected chi connectivity index (χ2v) is 3.19. The van der Waals surface area contributed by atoms with Gasteiger partial charge < -0.3 is 5.73 Å². The summed E-state index contributed by atoms with van der Waals surface area (Å²) in [4.78, 5) is 0. The van der Waals surface area contributed by atoms with Crippen molar-refractivity contribution in [1.29, 1.82) is 0 Å². The van der Waals surface area contributed by atoms with Gasteiger partial charge in [0.1, 0.15) is 0 Å². The number of alkyl halides is 7. The lowest BCUT2D eigenvalue weighted by Gasteiger charge is -2.30. The number of rotatable bonds is 1. The summed E-state index contributed by atoms with van der Waals surface area (Å²) in [5.74, 6) is 0. The first-order valence-electron chi connectivity index (χ1n) is 4.10. The van der Waals surface area contributed by atoms with Gasteiger partial charge in [0.05, 0.1) is 0 Å². The van der Waals surface area contributed by atoms with Gasteiger partial charge in [-0.2, -0.15) is 26.3 Å². The Morgan fingerprint density at radius 3 is 1.65 bits per heavy atom. The summed E-state index contributed by atoms with van der Waals surface area (Å²) < 4.78 is 86.8. The molecular weight excluding hydrogens is 255 g/mol. The Kier molecular flexibility index (Phi) is 3.02. The van der Waals surface area contributed by atoms with Crippen LogP contribution in [-0.2, 0) is 5.67 Å². The number of anilines is 1. The highest BCUT2D eigenvalue weighted by atomic mass is 19.4. The van der Waals surface area contributed by atoms with Gasteiger partial charge in [-0.05, 0) is 12.1 Å². The van der Waals surface area contributed by atoms with Crippen LogP contribution in [0.2, 0.25) is 0 Å². The summed E-state index contributed by atoms with van der Waals surface area (Å²) in [5, 5.41) is 0. The summed E-state index contributed by atoms with van der Waals surface area (Å²) in [6.45, 7) is 0. The third-order valence-electron chi connectivity index (χ3n) is 2.02. The van der Waals surface area contributed by atoms with E-state index in [1.165, 1.54) is 0 Å². The minimum Gasteiger partial charge on any atom is -0.398 e. The summed E-state index contributed by atoms with van der Waals surface area (Å²) in [6, 6.07) is 3.16. The average Bonchev–Trinajstić information content (AvgIpc) is 2.14. The van der Waals surface area contributed by atoms with Crippen LogP contribution < -0.4 is 5.73 Å². The molecule has 8 heteroatoms. The van der Waals surface area contributed by atoms with Crippen LogP contribution in [0.25, 0.3) is 0 Å². The molecule has 0 atom stereocenters. The summed E-state index contributed by atoms with van der Waals surface area (Å²) in [6.07, 6.45) is -12.2. The first-order chi connectivity index (χ1) is 7.50. The average molecular weight is 260 g/mol. The maximum atomic E-state index is 13.4. The van der Waals surface area contributed by atoms with E-state index in [4.69, 9.17) is 5.73 Å². The first kappa shape index (κ1) is 13.6. The molecule has 1 aromatic carbocycles. The molecule has 0 fully saturated rings. The SMILES string of the molecule is Nc1[c]cc(C(F)(C(F)(F)F)C(F)(F)F)cc1. The van der Waals surface area contributed by atoms with Gasteiger partial charge in [-0.1, -0.05) is 6.07 Å². The molecule has 17 heavy (non-hydrogen) atoms. The number of hydrogen-bond acceptors (Lipinski definition) is 1. The van der Waals surface area contributed by atoms with Crippen LogP contribution >= 0.6 is 0 Å².